The van der Waals surface area contributed by atoms with Crippen LogP contribution in [0.2, 0.25) is 0 Å². The number of carbonyl (C=O) groups excluding carboxylic acids is 1. The number of ether oxygens (including phenoxy) is 2. The Morgan fingerprint density at radius 1 is 1.33 bits per heavy atom. The summed E-state index contributed by atoms with van der Waals surface area (Å²) < 4.78 is 10.5. The van der Waals surface area contributed by atoms with Gasteiger partial charge in [0, 0.05) is 23.0 Å². The molecule has 1 fully saturated rings. The first-order chi connectivity index (χ1) is 12.6. The van der Waals surface area contributed by atoms with Gasteiger partial charge in [-0.3, -0.25) is 10.1 Å². The van der Waals surface area contributed by atoms with Crippen molar-refractivity contribution < 1.29 is 24.3 Å². The molecule has 8 nitrogen and oxygen atoms in total. The first kappa shape index (κ1) is 21.0. The summed E-state index contributed by atoms with van der Waals surface area (Å²) in [7, 11) is 1.55. The first-order valence-electron chi connectivity index (χ1n) is 8.98. The number of hydrogen-bond donors (Lipinski definition) is 2. The van der Waals surface area contributed by atoms with Gasteiger partial charge in [0.25, 0.3) is 0 Å². The molecule has 1 aliphatic carbocycles. The summed E-state index contributed by atoms with van der Waals surface area (Å²) in [5, 5.41) is 24.2. The normalized spacial score (nSPS) is 17.5. The Labute approximate surface area is 159 Å². The van der Waals surface area contributed by atoms with Gasteiger partial charge in [0.1, 0.15) is 11.4 Å². The second kappa shape index (κ2) is 8.12. The topological polar surface area (TPSA) is 111 Å². The van der Waals surface area contributed by atoms with Gasteiger partial charge >= 0.3 is 6.09 Å². The average molecular weight is 380 g/mol. The Balaban J connectivity index is 2.25. The molecule has 0 aromatic heterocycles. The van der Waals surface area contributed by atoms with E-state index in [1.54, 1.807) is 52.1 Å². The Bertz CT molecular complexity index is 664. The van der Waals surface area contributed by atoms with Crippen molar-refractivity contribution >= 4 is 6.09 Å². The molecule has 8 heteroatoms. The zero-order valence-electron chi connectivity index (χ0n) is 16.2. The quantitative estimate of drug-likeness (QED) is 0.530. The highest BCUT2D eigenvalue weighted by molar-refractivity contribution is 5.69. The summed E-state index contributed by atoms with van der Waals surface area (Å²) in [6, 6.07) is 6.99. The fourth-order valence-electron chi connectivity index (χ4n) is 3.39. The maximum absolute atomic E-state index is 12.2. The highest BCUT2D eigenvalue weighted by Crippen LogP contribution is 2.48. The van der Waals surface area contributed by atoms with Gasteiger partial charge in [-0.1, -0.05) is 12.1 Å². The largest absolute Gasteiger partial charge is 0.497 e. The van der Waals surface area contributed by atoms with Crippen molar-refractivity contribution in [2.24, 2.45) is 5.92 Å². The number of amides is 1. The number of methoxy groups -OCH3 is 1. The van der Waals surface area contributed by atoms with Gasteiger partial charge in [0.05, 0.1) is 13.0 Å². The number of rotatable bonds is 8. The fraction of sp³-hybridized carbons (Fsp3) is 0.632. The van der Waals surface area contributed by atoms with Crippen LogP contribution in [-0.2, 0) is 4.74 Å². The van der Waals surface area contributed by atoms with Crippen molar-refractivity contribution in [2.75, 3.05) is 20.3 Å². The summed E-state index contributed by atoms with van der Waals surface area (Å²) in [4.78, 5) is 23.1. The molecular formula is C19H28N2O6. The monoisotopic (exact) mass is 380 g/mol. The summed E-state index contributed by atoms with van der Waals surface area (Å²) in [5.74, 6) is -0.399. The minimum Gasteiger partial charge on any atom is -0.497 e. The van der Waals surface area contributed by atoms with Gasteiger partial charge in [-0.15, -0.1) is 0 Å². The van der Waals surface area contributed by atoms with Gasteiger partial charge in [-0.05, 0) is 51.3 Å². The van der Waals surface area contributed by atoms with E-state index in [4.69, 9.17) is 9.47 Å². The summed E-state index contributed by atoms with van der Waals surface area (Å²) in [6.45, 7) is 4.68. The molecule has 1 saturated carbocycles. The van der Waals surface area contributed by atoms with Crippen LogP contribution in [0.5, 0.6) is 5.75 Å². The zero-order chi connectivity index (χ0) is 20.2. The molecule has 1 aromatic carbocycles. The lowest BCUT2D eigenvalue weighted by atomic mass is 9.80. The lowest BCUT2D eigenvalue weighted by Gasteiger charge is -2.32. The Hall–Kier alpha value is -2.35. The lowest BCUT2D eigenvalue weighted by Crippen LogP contribution is -2.48. The predicted molar refractivity (Wildman–Crippen MR) is 99.5 cm³/mol. The van der Waals surface area contributed by atoms with Crippen molar-refractivity contribution in [3.63, 3.8) is 0 Å². The zero-order valence-corrected chi connectivity index (χ0v) is 16.2. The molecule has 2 N–H and O–H groups in total. The van der Waals surface area contributed by atoms with Crippen molar-refractivity contribution in [3.05, 3.63) is 39.9 Å². The van der Waals surface area contributed by atoms with Crippen LogP contribution in [0, 0.1) is 16.0 Å². The molecule has 0 radical (unpaired) electrons. The number of carbonyl (C=O) groups is 1. The van der Waals surface area contributed by atoms with E-state index in [0.29, 0.717) is 18.6 Å². The fourth-order valence-corrected chi connectivity index (χ4v) is 3.39. The average Bonchev–Trinajstić information content (AvgIpc) is 3.32. The lowest BCUT2D eigenvalue weighted by molar-refractivity contribution is -0.485. The van der Waals surface area contributed by atoms with Gasteiger partial charge in [-0.2, -0.15) is 0 Å². The van der Waals surface area contributed by atoms with Crippen LogP contribution >= 0.6 is 0 Å². The number of aliphatic hydroxyl groups excluding tert-OH is 1. The third kappa shape index (κ3) is 5.56. The number of nitro groups is 1. The summed E-state index contributed by atoms with van der Waals surface area (Å²) >= 11 is 0. The van der Waals surface area contributed by atoms with Crippen LogP contribution in [0.25, 0.3) is 0 Å². The number of alkyl carbamates (subject to hydrolysis) is 1. The van der Waals surface area contributed by atoms with Crippen LogP contribution in [-0.4, -0.2) is 47.5 Å². The molecule has 1 aromatic rings. The third-order valence-corrected chi connectivity index (χ3v) is 4.82. The highest BCUT2D eigenvalue weighted by atomic mass is 16.6. The first-order valence-corrected chi connectivity index (χ1v) is 8.98. The second-order valence-corrected chi connectivity index (χ2v) is 7.97. The molecule has 2 atom stereocenters. The second-order valence-electron chi connectivity index (χ2n) is 7.97. The summed E-state index contributed by atoms with van der Waals surface area (Å²) in [5.41, 5.74) is -0.619. The molecule has 0 heterocycles. The molecule has 1 aliphatic rings. The van der Waals surface area contributed by atoms with Crippen LogP contribution < -0.4 is 10.1 Å². The van der Waals surface area contributed by atoms with Crippen LogP contribution in [0.15, 0.2) is 24.3 Å². The van der Waals surface area contributed by atoms with E-state index in [9.17, 15) is 20.0 Å². The number of nitrogens with zero attached hydrogens (tertiary/aromatic N) is 1. The van der Waals surface area contributed by atoms with E-state index in [-0.39, 0.29) is 18.1 Å². The predicted octanol–water partition coefficient (Wildman–Crippen LogP) is 2.72. The van der Waals surface area contributed by atoms with Crippen molar-refractivity contribution in [2.45, 2.75) is 50.7 Å². The molecule has 0 aliphatic heterocycles. The number of aliphatic hydroxyl groups is 1. The Morgan fingerprint density at radius 3 is 2.33 bits per heavy atom. The third-order valence-electron chi connectivity index (χ3n) is 4.82. The molecule has 27 heavy (non-hydrogen) atoms. The number of hydrogen-bond acceptors (Lipinski definition) is 6. The van der Waals surface area contributed by atoms with E-state index in [2.05, 4.69) is 5.32 Å². The Kier molecular flexibility index (Phi) is 6.30. The van der Waals surface area contributed by atoms with Gasteiger partial charge < -0.3 is 19.9 Å². The number of nitrogens with one attached hydrogen (secondary N) is 1. The van der Waals surface area contributed by atoms with Crippen molar-refractivity contribution in [1.82, 2.24) is 5.32 Å². The maximum atomic E-state index is 12.2. The van der Waals surface area contributed by atoms with Crippen LogP contribution in [0.1, 0.15) is 45.1 Å². The smallest absolute Gasteiger partial charge is 0.408 e. The molecule has 150 valence electrons. The SMILES string of the molecule is COc1ccc([C@@H](C[N+](=O)[O-])[C@@H](CO)C2(NC(=O)OC(C)(C)C)CC2)cc1. The van der Waals surface area contributed by atoms with E-state index in [0.717, 1.165) is 5.56 Å². The van der Waals surface area contributed by atoms with Crippen LogP contribution in [0.3, 0.4) is 0 Å². The molecule has 0 saturated heterocycles. The molecular weight excluding hydrogens is 352 g/mol. The van der Waals surface area contributed by atoms with Gasteiger partial charge in [-0.25, -0.2) is 4.79 Å². The van der Waals surface area contributed by atoms with E-state index >= 15 is 0 Å². The summed E-state index contributed by atoms with van der Waals surface area (Å²) in [6.07, 6.45) is 0.706. The molecule has 0 spiro atoms. The highest BCUT2D eigenvalue weighted by Gasteiger charge is 2.54. The Morgan fingerprint density at radius 2 is 1.93 bits per heavy atom. The standard InChI is InChI=1S/C19H28N2O6/c1-18(2,3)27-17(23)20-19(9-10-19)16(12-22)15(11-21(24)25)13-5-7-14(26-4)8-6-13/h5-8,15-16,22H,9-12H2,1-4H3,(H,20,23)/t15-,16-/m1/s1. The minimum atomic E-state index is -0.697. The van der Waals surface area contributed by atoms with Gasteiger partial charge in [0.15, 0.2) is 0 Å². The molecule has 0 bridgehead atoms. The van der Waals surface area contributed by atoms with E-state index < -0.39 is 29.1 Å². The van der Waals surface area contributed by atoms with Gasteiger partial charge in [0.2, 0.25) is 6.54 Å². The molecule has 0 unspecified atom stereocenters. The van der Waals surface area contributed by atoms with Crippen molar-refractivity contribution in [1.29, 1.82) is 0 Å². The van der Waals surface area contributed by atoms with Crippen molar-refractivity contribution in [3.8, 4) is 5.75 Å². The molecule has 1 amide bonds. The number of benzene rings is 1. The van der Waals surface area contributed by atoms with E-state index in [1.165, 1.54) is 0 Å². The maximum Gasteiger partial charge on any atom is 0.408 e. The minimum absolute atomic E-state index is 0.277. The van der Waals surface area contributed by atoms with E-state index in [1.807, 2.05) is 0 Å². The van der Waals surface area contributed by atoms with Crippen LogP contribution in [0.4, 0.5) is 4.79 Å². The molecule has 2 rings (SSSR count).